The van der Waals surface area contributed by atoms with Crippen molar-refractivity contribution >= 4 is 17.6 Å². The molecule has 0 saturated carbocycles. The van der Waals surface area contributed by atoms with Gasteiger partial charge >= 0.3 is 5.97 Å². The molecule has 0 aliphatic carbocycles. The number of rotatable bonds is 3. The first-order chi connectivity index (χ1) is 15.8. The number of ether oxygens (including phenoxy) is 4. The lowest BCUT2D eigenvalue weighted by Gasteiger charge is -2.43. The molecule has 1 amide bonds. The monoisotopic (exact) mass is 450 g/mol. The number of esters is 1. The van der Waals surface area contributed by atoms with Gasteiger partial charge in [-0.25, -0.2) is 4.79 Å². The zero-order chi connectivity index (χ0) is 23.0. The van der Waals surface area contributed by atoms with Crippen molar-refractivity contribution in [3.63, 3.8) is 0 Å². The number of hydrogen-bond donors (Lipinski definition) is 1. The fourth-order valence-corrected chi connectivity index (χ4v) is 6.23. The van der Waals surface area contributed by atoms with Gasteiger partial charge in [0.15, 0.2) is 17.6 Å². The third-order valence-corrected chi connectivity index (χ3v) is 7.34. The lowest BCUT2D eigenvalue weighted by molar-refractivity contribution is -0.247. The number of anilines is 1. The molecule has 0 aromatic heterocycles. The average molecular weight is 450 g/mol. The number of fused-ring (bicyclic) bond motifs is 6. The van der Waals surface area contributed by atoms with E-state index >= 15 is 0 Å². The van der Waals surface area contributed by atoms with E-state index in [0.29, 0.717) is 24.3 Å². The summed E-state index contributed by atoms with van der Waals surface area (Å²) >= 11 is 0. The largest absolute Gasteiger partial charge is 0.467 e. The summed E-state index contributed by atoms with van der Waals surface area (Å²) in [6, 6.07) is 17.3. The number of para-hydroxylation sites is 1. The number of nitrogens with one attached hydrogen (secondary N) is 1. The van der Waals surface area contributed by atoms with Gasteiger partial charge in [-0.15, -0.1) is 0 Å². The van der Waals surface area contributed by atoms with Crippen LogP contribution in [0, 0.1) is 5.92 Å². The first-order valence-corrected chi connectivity index (χ1v) is 11.2. The van der Waals surface area contributed by atoms with Crippen molar-refractivity contribution in [1.82, 2.24) is 4.90 Å². The normalized spacial score (nSPS) is 35.8. The molecule has 1 spiro atoms. The highest BCUT2D eigenvalue weighted by Crippen LogP contribution is 2.63. The molecule has 172 valence electrons. The third kappa shape index (κ3) is 2.55. The molecular formula is C25H26N2O6. The maximum absolute atomic E-state index is 13.9. The van der Waals surface area contributed by atoms with Crippen LogP contribution in [0.15, 0.2) is 54.6 Å². The predicted octanol–water partition coefficient (Wildman–Crippen LogP) is 2.39. The van der Waals surface area contributed by atoms with Crippen LogP contribution >= 0.6 is 0 Å². The molecule has 8 nitrogen and oxygen atoms in total. The fraction of sp³-hybridized carbons (Fsp3) is 0.440. The number of carbonyl (C=O) groups excluding carboxylic acids is 2. The molecule has 0 radical (unpaired) electrons. The highest BCUT2D eigenvalue weighted by molar-refractivity contribution is 6.11. The number of likely N-dealkylation sites (tertiary alicyclic amines) is 1. The van der Waals surface area contributed by atoms with Gasteiger partial charge in [0, 0.05) is 30.3 Å². The summed E-state index contributed by atoms with van der Waals surface area (Å²) in [5, 5.41) is 2.99. The van der Waals surface area contributed by atoms with Crippen LogP contribution in [0.25, 0.3) is 0 Å². The molecule has 4 heterocycles. The van der Waals surface area contributed by atoms with Gasteiger partial charge in [0.05, 0.1) is 7.11 Å². The van der Waals surface area contributed by atoms with Crippen LogP contribution in [0.1, 0.15) is 25.0 Å². The molecule has 1 N–H and O–H groups in total. The van der Waals surface area contributed by atoms with Gasteiger partial charge in [0.2, 0.25) is 5.60 Å². The minimum absolute atomic E-state index is 0.313. The number of amides is 1. The molecule has 3 saturated heterocycles. The minimum Gasteiger partial charge on any atom is -0.467 e. The number of carbonyl (C=O) groups is 2. The van der Waals surface area contributed by atoms with E-state index < -0.39 is 41.2 Å². The second kappa shape index (κ2) is 6.87. The van der Waals surface area contributed by atoms with E-state index in [1.165, 1.54) is 7.11 Å². The summed E-state index contributed by atoms with van der Waals surface area (Å²) in [6.45, 7) is 4.48. The van der Waals surface area contributed by atoms with Crippen molar-refractivity contribution in [2.45, 2.75) is 49.7 Å². The van der Waals surface area contributed by atoms with Gasteiger partial charge in [-0.1, -0.05) is 48.5 Å². The van der Waals surface area contributed by atoms with Gasteiger partial charge in [0.25, 0.3) is 5.91 Å². The Hall–Kier alpha value is -2.78. The molecule has 2 aromatic rings. The molecule has 8 heteroatoms. The number of methoxy groups -OCH3 is 1. The minimum atomic E-state index is -1.63. The SMILES string of the molecule is COC(=O)[C@]12O[C@@H]3OC(C)(C)O[C@@H]3[C@H]1CN(Cc1ccccc1)[C@@]21C(=O)Nc2ccccc21. The van der Waals surface area contributed by atoms with Gasteiger partial charge in [-0.2, -0.15) is 0 Å². The van der Waals surface area contributed by atoms with Crippen molar-refractivity contribution in [1.29, 1.82) is 0 Å². The second-order valence-electron chi connectivity index (χ2n) is 9.50. The first kappa shape index (κ1) is 20.8. The summed E-state index contributed by atoms with van der Waals surface area (Å²) in [7, 11) is 1.32. The van der Waals surface area contributed by atoms with E-state index in [1.807, 2.05) is 73.3 Å². The number of hydrogen-bond acceptors (Lipinski definition) is 7. The Kier molecular flexibility index (Phi) is 4.33. The summed E-state index contributed by atoms with van der Waals surface area (Å²) < 4.78 is 24.0. The third-order valence-electron chi connectivity index (χ3n) is 7.34. The van der Waals surface area contributed by atoms with E-state index in [2.05, 4.69) is 5.32 Å². The molecular weight excluding hydrogens is 424 g/mol. The van der Waals surface area contributed by atoms with Crippen molar-refractivity contribution in [3.8, 4) is 0 Å². The second-order valence-corrected chi connectivity index (χ2v) is 9.50. The Morgan fingerprint density at radius 2 is 1.82 bits per heavy atom. The Morgan fingerprint density at radius 3 is 2.58 bits per heavy atom. The van der Waals surface area contributed by atoms with Gasteiger partial charge in [-0.3, -0.25) is 9.69 Å². The molecule has 5 atom stereocenters. The summed E-state index contributed by atoms with van der Waals surface area (Å²) in [4.78, 5) is 29.6. The molecule has 0 unspecified atom stereocenters. The van der Waals surface area contributed by atoms with Gasteiger partial charge < -0.3 is 24.3 Å². The van der Waals surface area contributed by atoms with Gasteiger partial charge in [0.1, 0.15) is 6.10 Å². The zero-order valence-corrected chi connectivity index (χ0v) is 18.7. The van der Waals surface area contributed by atoms with E-state index in [4.69, 9.17) is 18.9 Å². The Morgan fingerprint density at radius 1 is 1.09 bits per heavy atom. The van der Waals surface area contributed by atoms with E-state index in [-0.39, 0.29) is 5.91 Å². The van der Waals surface area contributed by atoms with Crippen LogP contribution in [0.2, 0.25) is 0 Å². The predicted molar refractivity (Wildman–Crippen MR) is 117 cm³/mol. The summed E-state index contributed by atoms with van der Waals surface area (Å²) in [5.41, 5.74) is -0.683. The Balaban J connectivity index is 1.57. The summed E-state index contributed by atoms with van der Waals surface area (Å²) in [6.07, 6.45) is -1.29. The van der Waals surface area contributed by atoms with E-state index in [1.54, 1.807) is 0 Å². The molecule has 33 heavy (non-hydrogen) atoms. The average Bonchev–Trinajstić information content (AvgIpc) is 3.45. The Labute approximate surface area is 191 Å². The fourth-order valence-electron chi connectivity index (χ4n) is 6.23. The topological polar surface area (TPSA) is 86.3 Å². The van der Waals surface area contributed by atoms with Crippen LogP contribution in [0.3, 0.4) is 0 Å². The number of nitrogens with zero attached hydrogens (tertiary/aromatic N) is 1. The van der Waals surface area contributed by atoms with Crippen LogP contribution in [0.5, 0.6) is 0 Å². The first-order valence-electron chi connectivity index (χ1n) is 11.2. The van der Waals surface area contributed by atoms with Crippen molar-refractivity contribution in [3.05, 3.63) is 65.7 Å². The maximum Gasteiger partial charge on any atom is 0.341 e. The van der Waals surface area contributed by atoms with Gasteiger partial charge in [-0.05, 0) is 25.5 Å². The van der Waals surface area contributed by atoms with E-state index in [9.17, 15) is 9.59 Å². The zero-order valence-electron chi connectivity index (χ0n) is 18.7. The molecule has 6 rings (SSSR count). The van der Waals surface area contributed by atoms with Crippen molar-refractivity contribution in [2.24, 2.45) is 5.92 Å². The maximum atomic E-state index is 13.9. The lowest BCUT2D eigenvalue weighted by atomic mass is 9.71. The van der Waals surface area contributed by atoms with Crippen molar-refractivity contribution < 1.29 is 28.5 Å². The molecule has 0 bridgehead atoms. The van der Waals surface area contributed by atoms with Crippen LogP contribution < -0.4 is 5.32 Å². The smallest absolute Gasteiger partial charge is 0.341 e. The molecule has 4 aliphatic rings. The lowest BCUT2D eigenvalue weighted by Crippen LogP contribution is -2.65. The standard InChI is InChI=1S/C25H26N2O6/c1-23(2)31-19-17-14-27(13-15-9-5-4-6-10-15)24(16-11-7-8-12-18(16)26-21(24)28)25(17,22(29)30-3)33-20(19)32-23/h4-12,17,19-20H,13-14H2,1-3H3,(H,26,28)/t17-,19-,20+,24+,25-/m1/s1. The summed E-state index contributed by atoms with van der Waals surface area (Å²) in [5.74, 6) is -2.24. The number of benzene rings is 2. The highest BCUT2D eigenvalue weighted by atomic mass is 16.8. The molecule has 4 aliphatic heterocycles. The molecule has 2 aromatic carbocycles. The highest BCUT2D eigenvalue weighted by Gasteiger charge is 2.82. The van der Waals surface area contributed by atoms with Crippen LogP contribution in [0.4, 0.5) is 5.69 Å². The van der Waals surface area contributed by atoms with E-state index in [0.717, 1.165) is 5.56 Å². The Bertz CT molecular complexity index is 1140. The van der Waals surface area contributed by atoms with Crippen molar-refractivity contribution in [2.75, 3.05) is 19.0 Å². The van der Waals surface area contributed by atoms with Crippen LogP contribution in [-0.2, 0) is 40.6 Å². The molecule has 3 fully saturated rings. The van der Waals surface area contributed by atoms with Crippen LogP contribution in [-0.4, -0.2) is 54.2 Å². The quantitative estimate of drug-likeness (QED) is 0.719.